The van der Waals surface area contributed by atoms with Crippen LogP contribution in [0, 0.1) is 0 Å². The van der Waals surface area contributed by atoms with E-state index in [1.807, 2.05) is 60.9 Å². The first-order valence-corrected chi connectivity index (χ1v) is 38.4. The number of aromatic amines is 2. The predicted octanol–water partition coefficient (Wildman–Crippen LogP) is 9.84. The first-order chi connectivity index (χ1) is 30.8. The second-order valence-corrected chi connectivity index (χ2v) is 29.1. The Labute approximate surface area is 422 Å². The fraction of sp³-hybridized carbons (Fsp3) is 0.310. The molecule has 2 aromatic carbocycles. The molecule has 0 radical (unpaired) electrons. The van der Waals surface area contributed by atoms with Gasteiger partial charge >= 0.3 is 91.6 Å². The summed E-state index contributed by atoms with van der Waals surface area (Å²) >= 11 is 9.53. The van der Waals surface area contributed by atoms with Crippen molar-refractivity contribution in [1.82, 2.24) is 30.6 Å². The fourth-order valence-electron chi connectivity index (χ4n) is 5.02. The Hall–Kier alpha value is -2.57. The van der Waals surface area contributed by atoms with Crippen molar-refractivity contribution in [3.8, 4) is 0 Å². The number of carboxylic acids is 1. The normalized spacial score (nSPS) is 10.0. The molecule has 14 nitrogen and oxygen atoms in total. The average Bonchev–Trinajstić information content (AvgIpc) is 3.91. The van der Waals surface area contributed by atoms with Crippen LogP contribution in [0.3, 0.4) is 0 Å². The number of para-hydroxylation sites is 2. The molecule has 0 bridgehead atoms. The fourth-order valence-corrected chi connectivity index (χ4v) is 5.02. The van der Waals surface area contributed by atoms with E-state index in [0.29, 0.717) is 63.3 Å². The summed E-state index contributed by atoms with van der Waals surface area (Å²) in [6, 6.07) is 23.8. The molecule has 0 aliphatic rings. The number of nitrogens with zero attached hydrogens (tertiary/aromatic N) is 2. The minimum atomic E-state index is -5.19. The van der Waals surface area contributed by atoms with Crippen LogP contribution in [0.25, 0.3) is 44.7 Å². The number of carbonyl (C=O) groups is 3. The number of rotatable bonds is 14. The summed E-state index contributed by atoms with van der Waals surface area (Å²) < 4.78 is 31.5. The van der Waals surface area contributed by atoms with Crippen LogP contribution in [0.15, 0.2) is 110 Å². The number of alkyl halides is 3. The van der Waals surface area contributed by atoms with E-state index in [4.69, 9.17) is 32.8 Å². The van der Waals surface area contributed by atoms with E-state index in [1.165, 1.54) is 21.9 Å². The van der Waals surface area contributed by atoms with E-state index in [9.17, 15) is 22.8 Å². The van der Waals surface area contributed by atoms with E-state index in [1.54, 1.807) is 24.8 Å². The van der Waals surface area contributed by atoms with Gasteiger partial charge in [-0.05, 0) is 71.5 Å². The Balaban J connectivity index is 0.000000857. The summed E-state index contributed by atoms with van der Waals surface area (Å²) in [6.45, 7) is 2.91. The maximum atomic E-state index is 11.9. The Morgan fingerprint density at radius 1 is 0.641 bits per heavy atom. The van der Waals surface area contributed by atoms with Crippen molar-refractivity contribution in [2.45, 2.75) is 44.7 Å². The second-order valence-electron chi connectivity index (χ2n) is 12.5. The molecule has 0 aliphatic carbocycles. The minimum Gasteiger partial charge on any atom is -0.677 e. The summed E-state index contributed by atoms with van der Waals surface area (Å²) in [5.41, 5.74) is 32.6. The molecule has 22 heteroatoms. The largest absolute Gasteiger partial charge is 0.677 e. The third-order valence-electron chi connectivity index (χ3n) is 7.95. The molecule has 4 heterocycles. The number of aliphatic carboxylic acids is 1. The van der Waals surface area contributed by atoms with Crippen molar-refractivity contribution in [2.24, 2.45) is 0 Å². The van der Waals surface area contributed by atoms with Crippen LogP contribution in [0.1, 0.15) is 35.1 Å². The Morgan fingerprint density at radius 2 is 0.953 bits per heavy atom. The van der Waals surface area contributed by atoms with Crippen molar-refractivity contribution in [2.75, 3.05) is 39.3 Å². The van der Waals surface area contributed by atoms with Gasteiger partial charge in [-0.25, -0.2) is 0 Å². The first kappa shape index (κ1) is 61.4. The number of carbonyl (C=O) groups excluding carboxylic acids is 3. The summed E-state index contributed by atoms with van der Waals surface area (Å²) in [7, 11) is 0. The van der Waals surface area contributed by atoms with Crippen molar-refractivity contribution in [3.05, 3.63) is 155 Å². The van der Waals surface area contributed by atoms with Crippen LogP contribution in [-0.4, -0.2) is 83.2 Å². The van der Waals surface area contributed by atoms with Gasteiger partial charge < -0.3 is 53.4 Å². The second kappa shape index (κ2) is 39.6. The van der Waals surface area contributed by atoms with Gasteiger partial charge in [0, 0.05) is 72.1 Å². The summed E-state index contributed by atoms with van der Waals surface area (Å²) in [4.78, 5) is 46.9. The van der Waals surface area contributed by atoms with Crippen LogP contribution >= 0.6 is 58.1 Å². The van der Waals surface area contributed by atoms with E-state index in [-0.39, 0.29) is 11.8 Å². The number of benzene rings is 2. The smallest absolute Gasteiger partial charge is 0.0916 e. The number of halogens is 6. The Morgan fingerprint density at radius 3 is 1.23 bits per heavy atom. The van der Waals surface area contributed by atoms with Gasteiger partial charge in [0.25, 0.3) is 0 Å². The molecule has 6 rings (SSSR count). The van der Waals surface area contributed by atoms with Crippen LogP contribution in [0.4, 0.5) is 13.2 Å². The van der Waals surface area contributed by atoms with Crippen molar-refractivity contribution in [1.29, 1.82) is 0 Å². The number of amides is 2. The topological polar surface area (TPSA) is 251 Å². The molecule has 64 heavy (non-hydrogen) atoms. The van der Waals surface area contributed by atoms with Gasteiger partial charge in [0.2, 0.25) is 11.8 Å². The molecule has 0 saturated heterocycles. The van der Waals surface area contributed by atoms with Crippen molar-refractivity contribution in [3.63, 3.8) is 0 Å². The molecule has 0 atom stereocenters. The van der Waals surface area contributed by atoms with Gasteiger partial charge in [-0.1, -0.05) is 49.2 Å². The number of H-pyrrole nitrogens is 2. The molecule has 6 aromatic rings. The van der Waals surface area contributed by atoms with E-state index in [2.05, 4.69) is 129 Å². The molecule has 357 valence electrons. The van der Waals surface area contributed by atoms with Gasteiger partial charge in [-0.3, -0.25) is 19.6 Å². The SMILES string of the molecule is O=C(Cc1ccncc1)NCCc1c[nH]c2ccccc12.O=C(Cc1ccncc1)NCCc1c[nH]c2ccccc12.O=C([O-])C(F)(F)F.[I][Pt+2][I].[I][Pt].[NH-]CCC[NH-].[NH-]CCC[NH-]. The maximum absolute atomic E-state index is 11.9. The van der Waals surface area contributed by atoms with Gasteiger partial charge in [-0.2, -0.15) is 39.4 Å². The Bertz CT molecular complexity index is 1970. The monoisotopic (exact) mass is 1590 g/mol. The van der Waals surface area contributed by atoms with E-state index < -0.39 is 12.1 Å². The molecular weight excluding hydrogens is 1540 g/mol. The molecule has 8 N–H and O–H groups in total. The molecular formula is C42H50F3I3N10O4Pt2-3. The van der Waals surface area contributed by atoms with Gasteiger partial charge in [0.15, 0.2) is 0 Å². The number of pyridine rings is 2. The average molecular weight is 1590 g/mol. The third kappa shape index (κ3) is 29.1. The van der Waals surface area contributed by atoms with E-state index >= 15 is 0 Å². The third-order valence-corrected chi connectivity index (χ3v) is 7.95. The predicted molar refractivity (Wildman–Crippen MR) is 265 cm³/mol. The quantitative estimate of drug-likeness (QED) is 0.0772. The van der Waals surface area contributed by atoms with Crippen LogP contribution < -0.4 is 15.7 Å². The molecule has 2 amide bonds. The number of hydrogen-bond donors (Lipinski definition) is 4. The summed E-state index contributed by atoms with van der Waals surface area (Å²) in [5.74, 6) is -2.92. The van der Waals surface area contributed by atoms with Crippen molar-refractivity contribution < 1.29 is 60.0 Å². The zero-order chi connectivity index (χ0) is 48.0. The maximum Gasteiger partial charge on any atom is -0.0916 e. The van der Waals surface area contributed by atoms with Crippen molar-refractivity contribution >= 4 is 97.6 Å². The molecule has 0 saturated carbocycles. The zero-order valence-electron chi connectivity index (χ0n) is 34.3. The number of aromatic nitrogens is 4. The van der Waals surface area contributed by atoms with Gasteiger partial charge in [0.1, 0.15) is 5.97 Å². The molecule has 0 unspecified atom stereocenters. The van der Waals surface area contributed by atoms with Crippen LogP contribution in [-0.2, 0) is 67.4 Å². The van der Waals surface area contributed by atoms with Gasteiger partial charge in [0.05, 0.1) is 12.8 Å². The molecule has 4 aromatic heterocycles. The Kier molecular flexibility index (Phi) is 38.0. The number of carboxylic acid groups (broad SMARTS) is 1. The molecule has 0 fully saturated rings. The number of hydrogen-bond acceptors (Lipinski definition) is 6. The summed E-state index contributed by atoms with van der Waals surface area (Å²) in [5, 5.41) is 17.2. The number of fused-ring (bicyclic) bond motifs is 2. The summed E-state index contributed by atoms with van der Waals surface area (Å²) in [6.07, 6.45) is 9.54. The zero-order valence-corrected chi connectivity index (χ0v) is 45.3. The molecule has 0 spiro atoms. The van der Waals surface area contributed by atoms with Crippen LogP contribution in [0.2, 0.25) is 0 Å². The minimum absolute atomic E-state index is 0.0426. The van der Waals surface area contributed by atoms with Gasteiger partial charge in [-0.15, -0.1) is 0 Å². The molecule has 0 aliphatic heterocycles. The van der Waals surface area contributed by atoms with E-state index in [0.717, 1.165) is 47.8 Å². The first-order valence-electron chi connectivity index (χ1n) is 19.1. The number of nitrogens with one attached hydrogen (secondary N) is 8. The van der Waals surface area contributed by atoms with Crippen LogP contribution in [0.5, 0.6) is 0 Å². The standard InChI is InChI=1S/2C17H17N3O.2C3H8N2.C2HF3O2.3HI.2Pt/c2*21-17(11-13-5-8-18-9-6-13)19-10-7-14-12-20-16-4-2-1-3-15(14)16;2*4-2-1-3-5;3-2(4,5)1(6)7;;;;;/h2*1-6,8-9,12,20H,7,10-11H2,(H,19,21);2*4-5H,1-3H2;(H,6,7);3*1H;;/q;;2*-2;;;;;+1;+4/p-4.